The SMILES string of the molecule is CCOC(=O)[C@H]1CCCC[C@@H]1Cl. The summed E-state index contributed by atoms with van der Waals surface area (Å²) in [6.07, 6.45) is 4.09. The van der Waals surface area contributed by atoms with Crippen LogP contribution in [0.25, 0.3) is 0 Å². The Hall–Kier alpha value is -0.240. The summed E-state index contributed by atoms with van der Waals surface area (Å²) in [5.74, 6) is -0.169. The van der Waals surface area contributed by atoms with Gasteiger partial charge in [-0.3, -0.25) is 4.79 Å². The zero-order valence-corrected chi connectivity index (χ0v) is 8.14. The second-order valence-corrected chi connectivity index (χ2v) is 3.72. The van der Waals surface area contributed by atoms with Crippen molar-refractivity contribution in [3.63, 3.8) is 0 Å². The van der Waals surface area contributed by atoms with Crippen molar-refractivity contribution in [2.75, 3.05) is 6.61 Å². The monoisotopic (exact) mass is 190 g/mol. The molecule has 0 aromatic carbocycles. The molecule has 0 aromatic heterocycles. The normalized spacial score (nSPS) is 29.8. The number of halogens is 1. The van der Waals surface area contributed by atoms with Crippen molar-refractivity contribution in [1.29, 1.82) is 0 Å². The third kappa shape index (κ3) is 2.37. The maximum atomic E-state index is 11.3. The van der Waals surface area contributed by atoms with Gasteiger partial charge in [0.25, 0.3) is 0 Å². The molecule has 3 heteroatoms. The van der Waals surface area contributed by atoms with Gasteiger partial charge in [0, 0.05) is 5.38 Å². The van der Waals surface area contributed by atoms with Gasteiger partial charge in [-0.25, -0.2) is 0 Å². The van der Waals surface area contributed by atoms with Gasteiger partial charge in [0.2, 0.25) is 0 Å². The second-order valence-electron chi connectivity index (χ2n) is 3.16. The fourth-order valence-corrected chi connectivity index (χ4v) is 1.98. The number of alkyl halides is 1. The molecule has 0 heterocycles. The van der Waals surface area contributed by atoms with Crippen molar-refractivity contribution >= 4 is 17.6 Å². The fraction of sp³-hybridized carbons (Fsp3) is 0.889. The lowest BCUT2D eigenvalue weighted by atomic mass is 9.89. The predicted molar refractivity (Wildman–Crippen MR) is 48.2 cm³/mol. The molecule has 0 radical (unpaired) electrons. The molecule has 2 nitrogen and oxygen atoms in total. The first-order valence-electron chi connectivity index (χ1n) is 4.56. The molecule has 1 aliphatic rings. The van der Waals surface area contributed by atoms with Crippen LogP contribution in [0.4, 0.5) is 0 Å². The standard InChI is InChI=1S/C9H15ClO2/c1-2-12-9(11)7-5-3-4-6-8(7)10/h7-8H,2-6H2,1H3/t7-,8-/m0/s1. The van der Waals surface area contributed by atoms with Crippen molar-refractivity contribution in [3.05, 3.63) is 0 Å². The minimum atomic E-state index is -0.114. The molecule has 1 rings (SSSR count). The molecule has 70 valence electrons. The maximum Gasteiger partial charge on any atom is 0.310 e. The number of rotatable bonds is 2. The van der Waals surface area contributed by atoms with E-state index >= 15 is 0 Å². The van der Waals surface area contributed by atoms with Crippen LogP contribution in [0.5, 0.6) is 0 Å². The van der Waals surface area contributed by atoms with Gasteiger partial charge in [-0.15, -0.1) is 11.6 Å². The van der Waals surface area contributed by atoms with Crippen molar-refractivity contribution in [3.8, 4) is 0 Å². The molecule has 0 saturated heterocycles. The first-order valence-corrected chi connectivity index (χ1v) is 5.00. The Morgan fingerprint density at radius 2 is 2.17 bits per heavy atom. The van der Waals surface area contributed by atoms with E-state index in [9.17, 15) is 4.79 Å². The van der Waals surface area contributed by atoms with Gasteiger partial charge in [-0.05, 0) is 19.8 Å². The van der Waals surface area contributed by atoms with Crippen LogP contribution in [-0.4, -0.2) is 18.0 Å². The molecule has 2 atom stereocenters. The van der Waals surface area contributed by atoms with Crippen LogP contribution in [0, 0.1) is 5.92 Å². The van der Waals surface area contributed by atoms with Gasteiger partial charge in [-0.2, -0.15) is 0 Å². The summed E-state index contributed by atoms with van der Waals surface area (Å²) >= 11 is 6.01. The van der Waals surface area contributed by atoms with Crippen LogP contribution in [-0.2, 0) is 9.53 Å². The summed E-state index contributed by atoms with van der Waals surface area (Å²) in [7, 11) is 0. The van der Waals surface area contributed by atoms with Crippen molar-refractivity contribution in [2.24, 2.45) is 5.92 Å². The number of esters is 1. The van der Waals surface area contributed by atoms with Crippen LogP contribution in [0.15, 0.2) is 0 Å². The van der Waals surface area contributed by atoms with E-state index in [1.54, 1.807) is 0 Å². The van der Waals surface area contributed by atoms with Crippen molar-refractivity contribution < 1.29 is 9.53 Å². The molecular weight excluding hydrogens is 176 g/mol. The van der Waals surface area contributed by atoms with Gasteiger partial charge >= 0.3 is 5.97 Å². The van der Waals surface area contributed by atoms with E-state index in [0.717, 1.165) is 25.7 Å². The second kappa shape index (κ2) is 4.70. The van der Waals surface area contributed by atoms with Gasteiger partial charge in [0.15, 0.2) is 0 Å². The van der Waals surface area contributed by atoms with Gasteiger partial charge in [0.1, 0.15) is 0 Å². The van der Waals surface area contributed by atoms with E-state index in [0.29, 0.717) is 6.61 Å². The van der Waals surface area contributed by atoms with Crippen LogP contribution < -0.4 is 0 Å². The quantitative estimate of drug-likeness (QED) is 0.494. The zero-order valence-electron chi connectivity index (χ0n) is 7.38. The highest BCUT2D eigenvalue weighted by atomic mass is 35.5. The molecule has 1 saturated carbocycles. The van der Waals surface area contributed by atoms with E-state index in [1.165, 1.54) is 0 Å². The maximum absolute atomic E-state index is 11.3. The summed E-state index contributed by atoms with van der Waals surface area (Å²) in [6.45, 7) is 2.28. The van der Waals surface area contributed by atoms with Crippen LogP contribution >= 0.6 is 11.6 Å². The Balaban J connectivity index is 2.42. The smallest absolute Gasteiger partial charge is 0.310 e. The summed E-state index contributed by atoms with van der Waals surface area (Å²) < 4.78 is 4.93. The minimum absolute atomic E-state index is 0.00204. The van der Waals surface area contributed by atoms with Gasteiger partial charge < -0.3 is 4.74 Å². The third-order valence-electron chi connectivity index (χ3n) is 2.27. The fourth-order valence-electron chi connectivity index (χ4n) is 1.60. The molecular formula is C9H15ClO2. The van der Waals surface area contributed by atoms with Crippen LogP contribution in [0.3, 0.4) is 0 Å². The Morgan fingerprint density at radius 3 is 2.75 bits per heavy atom. The van der Waals surface area contributed by atoms with Crippen molar-refractivity contribution in [1.82, 2.24) is 0 Å². The average Bonchev–Trinajstić information content (AvgIpc) is 2.05. The lowest BCUT2D eigenvalue weighted by molar-refractivity contribution is -0.148. The Morgan fingerprint density at radius 1 is 1.50 bits per heavy atom. The Labute approximate surface area is 78.2 Å². The highest BCUT2D eigenvalue weighted by molar-refractivity contribution is 6.22. The van der Waals surface area contributed by atoms with Crippen LogP contribution in [0.1, 0.15) is 32.6 Å². The largest absolute Gasteiger partial charge is 0.466 e. The van der Waals surface area contributed by atoms with E-state index < -0.39 is 0 Å². The minimum Gasteiger partial charge on any atom is -0.466 e. The van der Waals surface area contributed by atoms with Gasteiger partial charge in [-0.1, -0.05) is 12.8 Å². The molecule has 0 aliphatic heterocycles. The summed E-state index contributed by atoms with van der Waals surface area (Å²) in [5, 5.41) is -0.00204. The lowest BCUT2D eigenvalue weighted by Gasteiger charge is -2.24. The number of hydrogen-bond acceptors (Lipinski definition) is 2. The highest BCUT2D eigenvalue weighted by Crippen LogP contribution is 2.29. The summed E-state index contributed by atoms with van der Waals surface area (Å²) in [5.41, 5.74) is 0. The zero-order chi connectivity index (χ0) is 8.97. The molecule has 0 N–H and O–H groups in total. The number of hydrogen-bond donors (Lipinski definition) is 0. The summed E-state index contributed by atoms with van der Waals surface area (Å²) in [6, 6.07) is 0. The number of ether oxygens (including phenoxy) is 1. The Kier molecular flexibility index (Phi) is 3.86. The van der Waals surface area contributed by atoms with Crippen LogP contribution in [0.2, 0.25) is 0 Å². The average molecular weight is 191 g/mol. The predicted octanol–water partition coefficient (Wildman–Crippen LogP) is 2.35. The topological polar surface area (TPSA) is 26.3 Å². The highest BCUT2D eigenvalue weighted by Gasteiger charge is 2.30. The molecule has 1 aliphatic carbocycles. The van der Waals surface area contributed by atoms with E-state index in [4.69, 9.17) is 16.3 Å². The summed E-state index contributed by atoms with van der Waals surface area (Å²) in [4.78, 5) is 11.3. The van der Waals surface area contributed by atoms with E-state index in [-0.39, 0.29) is 17.3 Å². The number of carbonyl (C=O) groups excluding carboxylic acids is 1. The molecule has 0 amide bonds. The third-order valence-corrected chi connectivity index (χ3v) is 2.79. The van der Waals surface area contributed by atoms with Gasteiger partial charge in [0.05, 0.1) is 12.5 Å². The molecule has 0 bridgehead atoms. The molecule has 12 heavy (non-hydrogen) atoms. The lowest BCUT2D eigenvalue weighted by Crippen LogP contribution is -2.29. The number of carbonyl (C=O) groups is 1. The Bertz CT molecular complexity index is 159. The molecule has 0 unspecified atom stereocenters. The van der Waals surface area contributed by atoms with E-state index in [1.807, 2.05) is 6.92 Å². The van der Waals surface area contributed by atoms with E-state index in [2.05, 4.69) is 0 Å². The molecule has 0 spiro atoms. The first kappa shape index (κ1) is 9.85. The molecule has 1 fully saturated rings. The molecule has 0 aromatic rings. The first-order chi connectivity index (χ1) is 5.75. The van der Waals surface area contributed by atoms with Crippen molar-refractivity contribution in [2.45, 2.75) is 38.0 Å².